The number of halogens is 3. The SMILES string of the molecule is CNCC1CCN(C(=O)c2cc(F)c(F)cc2I)C1. The summed E-state index contributed by atoms with van der Waals surface area (Å²) < 4.78 is 26.7. The molecule has 1 fully saturated rings. The lowest BCUT2D eigenvalue weighted by molar-refractivity contribution is 0.0785. The molecule has 0 bridgehead atoms. The van der Waals surface area contributed by atoms with Crippen molar-refractivity contribution in [2.24, 2.45) is 5.92 Å². The summed E-state index contributed by atoms with van der Waals surface area (Å²) in [6.45, 7) is 2.19. The van der Waals surface area contributed by atoms with Crippen LogP contribution in [0.3, 0.4) is 0 Å². The second kappa shape index (κ2) is 6.13. The molecule has 1 aromatic rings. The summed E-state index contributed by atoms with van der Waals surface area (Å²) in [4.78, 5) is 14.0. The number of benzene rings is 1. The first-order valence-electron chi connectivity index (χ1n) is 6.11. The zero-order chi connectivity index (χ0) is 14.0. The van der Waals surface area contributed by atoms with Crippen LogP contribution in [0.5, 0.6) is 0 Å². The normalized spacial score (nSPS) is 18.9. The topological polar surface area (TPSA) is 32.3 Å². The summed E-state index contributed by atoms with van der Waals surface area (Å²) in [5.74, 6) is -1.69. The molecule has 2 rings (SSSR count). The van der Waals surface area contributed by atoms with Gasteiger partial charge in [-0.05, 0) is 60.7 Å². The number of rotatable bonds is 3. The second-order valence-corrected chi connectivity index (χ2v) is 5.87. The number of carbonyl (C=O) groups excluding carboxylic acids is 1. The molecule has 1 unspecified atom stereocenters. The average molecular weight is 380 g/mol. The van der Waals surface area contributed by atoms with E-state index in [4.69, 9.17) is 0 Å². The predicted molar refractivity (Wildman–Crippen MR) is 77.0 cm³/mol. The van der Waals surface area contributed by atoms with Gasteiger partial charge in [0.15, 0.2) is 11.6 Å². The molecule has 104 valence electrons. The number of hydrogen-bond donors (Lipinski definition) is 1. The highest BCUT2D eigenvalue weighted by molar-refractivity contribution is 14.1. The average Bonchev–Trinajstić information content (AvgIpc) is 2.82. The zero-order valence-electron chi connectivity index (χ0n) is 10.5. The fourth-order valence-corrected chi connectivity index (χ4v) is 2.99. The molecule has 0 aliphatic carbocycles. The van der Waals surface area contributed by atoms with Gasteiger partial charge in [0.25, 0.3) is 5.91 Å². The van der Waals surface area contributed by atoms with Gasteiger partial charge in [-0.25, -0.2) is 8.78 Å². The Kier molecular flexibility index (Phi) is 4.72. The molecular weight excluding hydrogens is 365 g/mol. The third-order valence-corrected chi connectivity index (χ3v) is 4.20. The van der Waals surface area contributed by atoms with Crippen LogP contribution in [-0.4, -0.2) is 37.5 Å². The van der Waals surface area contributed by atoms with Gasteiger partial charge >= 0.3 is 0 Å². The number of amides is 1. The summed E-state index contributed by atoms with van der Waals surface area (Å²) in [5, 5.41) is 3.09. The van der Waals surface area contributed by atoms with Crippen LogP contribution in [0.2, 0.25) is 0 Å². The maximum Gasteiger partial charge on any atom is 0.255 e. The number of likely N-dealkylation sites (tertiary alicyclic amines) is 1. The van der Waals surface area contributed by atoms with E-state index in [-0.39, 0.29) is 11.5 Å². The first-order valence-corrected chi connectivity index (χ1v) is 7.19. The van der Waals surface area contributed by atoms with E-state index in [1.807, 2.05) is 29.6 Å². The van der Waals surface area contributed by atoms with Crippen molar-refractivity contribution in [1.82, 2.24) is 10.2 Å². The third-order valence-electron chi connectivity index (χ3n) is 3.31. The number of nitrogens with one attached hydrogen (secondary N) is 1. The Morgan fingerprint density at radius 1 is 1.47 bits per heavy atom. The van der Waals surface area contributed by atoms with Crippen LogP contribution in [0, 0.1) is 21.1 Å². The molecule has 1 amide bonds. The van der Waals surface area contributed by atoms with Gasteiger partial charge in [-0.3, -0.25) is 4.79 Å². The van der Waals surface area contributed by atoms with Gasteiger partial charge in [0.1, 0.15) is 0 Å². The molecule has 0 saturated carbocycles. The van der Waals surface area contributed by atoms with E-state index in [1.165, 1.54) is 0 Å². The fraction of sp³-hybridized carbons (Fsp3) is 0.462. The minimum Gasteiger partial charge on any atom is -0.338 e. The van der Waals surface area contributed by atoms with E-state index < -0.39 is 11.6 Å². The zero-order valence-corrected chi connectivity index (χ0v) is 12.7. The molecule has 1 atom stereocenters. The Bertz CT molecular complexity index is 496. The van der Waals surface area contributed by atoms with Crippen molar-refractivity contribution in [2.45, 2.75) is 6.42 Å². The van der Waals surface area contributed by atoms with Crippen molar-refractivity contribution in [2.75, 3.05) is 26.7 Å². The number of carbonyl (C=O) groups is 1. The third kappa shape index (κ3) is 3.22. The molecule has 1 saturated heterocycles. The largest absolute Gasteiger partial charge is 0.338 e. The molecule has 1 heterocycles. The van der Waals surface area contributed by atoms with E-state index in [0.29, 0.717) is 22.6 Å². The van der Waals surface area contributed by atoms with E-state index in [2.05, 4.69) is 5.32 Å². The Labute approximate surface area is 124 Å². The van der Waals surface area contributed by atoms with E-state index in [1.54, 1.807) is 4.90 Å². The van der Waals surface area contributed by atoms with Gasteiger partial charge in [-0.2, -0.15) is 0 Å². The molecular formula is C13H15F2IN2O. The predicted octanol–water partition coefficient (Wildman–Crippen LogP) is 2.25. The lowest BCUT2D eigenvalue weighted by Crippen LogP contribution is -2.31. The first-order chi connectivity index (χ1) is 9.02. The minimum atomic E-state index is -0.977. The highest BCUT2D eigenvalue weighted by Crippen LogP contribution is 2.22. The molecule has 6 heteroatoms. The van der Waals surface area contributed by atoms with Crippen molar-refractivity contribution >= 4 is 28.5 Å². The van der Waals surface area contributed by atoms with E-state index in [0.717, 1.165) is 25.1 Å². The van der Waals surface area contributed by atoms with Crippen LogP contribution >= 0.6 is 22.6 Å². The van der Waals surface area contributed by atoms with Crippen molar-refractivity contribution in [3.63, 3.8) is 0 Å². The van der Waals surface area contributed by atoms with Crippen molar-refractivity contribution in [3.8, 4) is 0 Å². The first kappa shape index (κ1) is 14.6. The lowest BCUT2D eigenvalue weighted by Gasteiger charge is -2.17. The second-order valence-electron chi connectivity index (χ2n) is 4.71. The quantitative estimate of drug-likeness (QED) is 0.645. The highest BCUT2D eigenvalue weighted by atomic mass is 127. The van der Waals surface area contributed by atoms with Crippen molar-refractivity contribution in [1.29, 1.82) is 0 Å². The molecule has 1 aliphatic heterocycles. The fourth-order valence-electron chi connectivity index (χ4n) is 2.33. The van der Waals surface area contributed by atoms with Crippen molar-refractivity contribution in [3.05, 3.63) is 32.9 Å². The number of hydrogen-bond acceptors (Lipinski definition) is 2. The van der Waals surface area contributed by atoms with Crippen LogP contribution in [-0.2, 0) is 0 Å². The van der Waals surface area contributed by atoms with Gasteiger partial charge in [0.05, 0.1) is 5.56 Å². The minimum absolute atomic E-state index is 0.220. The van der Waals surface area contributed by atoms with Crippen LogP contribution in [0.4, 0.5) is 8.78 Å². The summed E-state index contributed by atoms with van der Waals surface area (Å²) in [7, 11) is 1.88. The van der Waals surface area contributed by atoms with Crippen LogP contribution in [0.25, 0.3) is 0 Å². The Morgan fingerprint density at radius 3 is 2.84 bits per heavy atom. The molecule has 1 aliphatic rings. The Balaban J connectivity index is 2.15. The molecule has 0 radical (unpaired) electrons. The van der Waals surface area contributed by atoms with E-state index in [9.17, 15) is 13.6 Å². The Morgan fingerprint density at radius 2 is 2.16 bits per heavy atom. The smallest absolute Gasteiger partial charge is 0.255 e. The Hall–Kier alpha value is -0.760. The molecule has 0 spiro atoms. The maximum atomic E-state index is 13.2. The summed E-state index contributed by atoms with van der Waals surface area (Å²) in [5.41, 5.74) is 0.240. The van der Waals surface area contributed by atoms with Gasteiger partial charge < -0.3 is 10.2 Å². The van der Waals surface area contributed by atoms with Crippen LogP contribution in [0.15, 0.2) is 12.1 Å². The molecule has 1 aromatic carbocycles. The molecule has 1 N–H and O–H groups in total. The highest BCUT2D eigenvalue weighted by Gasteiger charge is 2.28. The van der Waals surface area contributed by atoms with Gasteiger partial charge in [0, 0.05) is 16.7 Å². The van der Waals surface area contributed by atoms with Gasteiger partial charge in [-0.1, -0.05) is 0 Å². The summed E-state index contributed by atoms with van der Waals surface area (Å²) in [6.07, 6.45) is 0.937. The van der Waals surface area contributed by atoms with Gasteiger partial charge in [0.2, 0.25) is 0 Å². The maximum absolute atomic E-state index is 13.2. The molecule has 0 aromatic heterocycles. The van der Waals surface area contributed by atoms with Crippen LogP contribution < -0.4 is 5.32 Å². The number of nitrogens with zero attached hydrogens (tertiary/aromatic N) is 1. The lowest BCUT2D eigenvalue weighted by atomic mass is 10.1. The van der Waals surface area contributed by atoms with Crippen LogP contribution in [0.1, 0.15) is 16.8 Å². The molecule has 19 heavy (non-hydrogen) atoms. The van der Waals surface area contributed by atoms with E-state index >= 15 is 0 Å². The van der Waals surface area contributed by atoms with Gasteiger partial charge in [-0.15, -0.1) is 0 Å². The standard InChI is InChI=1S/C13H15F2IN2O/c1-17-6-8-2-3-18(7-8)13(19)9-4-10(14)11(15)5-12(9)16/h4-5,8,17H,2-3,6-7H2,1H3. The summed E-state index contributed by atoms with van der Waals surface area (Å²) >= 11 is 1.86. The summed E-state index contributed by atoms with van der Waals surface area (Å²) in [6, 6.07) is 2.05. The monoisotopic (exact) mass is 380 g/mol. The van der Waals surface area contributed by atoms with Crippen molar-refractivity contribution < 1.29 is 13.6 Å². The molecule has 3 nitrogen and oxygen atoms in total.